The van der Waals surface area contributed by atoms with Crippen LogP contribution in [-0.4, -0.2) is 13.7 Å². The van der Waals surface area contributed by atoms with E-state index in [4.69, 9.17) is 9.47 Å². The van der Waals surface area contributed by atoms with Gasteiger partial charge in [0.25, 0.3) is 0 Å². The zero-order chi connectivity index (χ0) is 14.0. The highest BCUT2D eigenvalue weighted by Gasteiger charge is 1.96. The fraction of sp³-hybridized carbons (Fsp3) is 0.333. The van der Waals surface area contributed by atoms with Gasteiger partial charge in [0.15, 0.2) is 0 Å². The predicted octanol–water partition coefficient (Wildman–Crippen LogP) is 4.49. The fourth-order valence-electron chi connectivity index (χ4n) is 2.11. The largest absolute Gasteiger partial charge is 0.497 e. The first-order valence-corrected chi connectivity index (χ1v) is 7.19. The zero-order valence-corrected chi connectivity index (χ0v) is 12.0. The predicted molar refractivity (Wildman–Crippen MR) is 82.5 cm³/mol. The van der Waals surface area contributed by atoms with Gasteiger partial charge in [-0.05, 0) is 55.5 Å². The van der Waals surface area contributed by atoms with Crippen molar-refractivity contribution in [2.24, 2.45) is 0 Å². The fourth-order valence-corrected chi connectivity index (χ4v) is 2.11. The third-order valence-corrected chi connectivity index (χ3v) is 3.28. The Bertz CT molecular complexity index is 477. The Kier molecular flexibility index (Phi) is 5.97. The van der Waals surface area contributed by atoms with E-state index in [2.05, 4.69) is 12.1 Å². The van der Waals surface area contributed by atoms with Gasteiger partial charge in [-0.15, -0.1) is 0 Å². The molecule has 0 N–H and O–H groups in total. The summed E-state index contributed by atoms with van der Waals surface area (Å²) in [6.07, 6.45) is 4.61. The summed E-state index contributed by atoms with van der Waals surface area (Å²) >= 11 is 0. The molecule has 0 amide bonds. The van der Waals surface area contributed by atoms with E-state index in [-0.39, 0.29) is 0 Å². The number of hydrogen-bond acceptors (Lipinski definition) is 2. The van der Waals surface area contributed by atoms with Gasteiger partial charge >= 0.3 is 0 Å². The average molecular weight is 270 g/mol. The molecule has 0 aliphatic carbocycles. The molecule has 0 bridgehead atoms. The molecule has 0 aliphatic heterocycles. The number of benzene rings is 2. The van der Waals surface area contributed by atoms with Gasteiger partial charge < -0.3 is 9.47 Å². The number of para-hydroxylation sites is 1. The van der Waals surface area contributed by atoms with Crippen LogP contribution in [0, 0.1) is 0 Å². The first kappa shape index (κ1) is 14.4. The van der Waals surface area contributed by atoms with Gasteiger partial charge in [0, 0.05) is 0 Å². The molecule has 0 saturated carbocycles. The molecule has 2 aromatic rings. The van der Waals surface area contributed by atoms with Gasteiger partial charge in [0.05, 0.1) is 13.7 Å². The van der Waals surface area contributed by atoms with Crippen LogP contribution in [0.2, 0.25) is 0 Å². The van der Waals surface area contributed by atoms with Crippen molar-refractivity contribution in [3.8, 4) is 11.5 Å². The molecule has 0 atom stereocenters. The second-order valence-electron chi connectivity index (χ2n) is 4.82. The first-order valence-electron chi connectivity index (χ1n) is 7.19. The van der Waals surface area contributed by atoms with Crippen LogP contribution in [-0.2, 0) is 6.42 Å². The molecule has 0 radical (unpaired) electrons. The van der Waals surface area contributed by atoms with E-state index in [1.807, 2.05) is 42.5 Å². The van der Waals surface area contributed by atoms with Crippen LogP contribution < -0.4 is 9.47 Å². The monoisotopic (exact) mass is 270 g/mol. The van der Waals surface area contributed by atoms with Gasteiger partial charge in [0.1, 0.15) is 11.5 Å². The minimum atomic E-state index is 0.798. The van der Waals surface area contributed by atoms with Crippen LogP contribution in [0.25, 0.3) is 0 Å². The van der Waals surface area contributed by atoms with Crippen molar-refractivity contribution in [3.63, 3.8) is 0 Å². The maximum atomic E-state index is 5.67. The van der Waals surface area contributed by atoms with Crippen LogP contribution in [0.3, 0.4) is 0 Å². The van der Waals surface area contributed by atoms with Crippen LogP contribution in [0.15, 0.2) is 54.6 Å². The molecular formula is C18H22O2. The van der Waals surface area contributed by atoms with Crippen molar-refractivity contribution < 1.29 is 9.47 Å². The molecule has 0 fully saturated rings. The Hall–Kier alpha value is -1.96. The van der Waals surface area contributed by atoms with E-state index in [0.29, 0.717) is 0 Å². The summed E-state index contributed by atoms with van der Waals surface area (Å²) in [4.78, 5) is 0. The topological polar surface area (TPSA) is 18.5 Å². The minimum Gasteiger partial charge on any atom is -0.497 e. The minimum absolute atomic E-state index is 0.798. The van der Waals surface area contributed by atoms with Gasteiger partial charge in [-0.2, -0.15) is 0 Å². The van der Waals surface area contributed by atoms with Crippen LogP contribution in [0.4, 0.5) is 0 Å². The van der Waals surface area contributed by atoms with Crippen molar-refractivity contribution in [3.05, 3.63) is 60.2 Å². The van der Waals surface area contributed by atoms with E-state index >= 15 is 0 Å². The highest BCUT2D eigenvalue weighted by Crippen LogP contribution is 2.14. The zero-order valence-electron chi connectivity index (χ0n) is 12.0. The maximum Gasteiger partial charge on any atom is 0.119 e. The third kappa shape index (κ3) is 4.96. The Labute approximate surface area is 121 Å². The van der Waals surface area contributed by atoms with Crippen LogP contribution >= 0.6 is 0 Å². The maximum absolute atomic E-state index is 5.67. The van der Waals surface area contributed by atoms with Gasteiger partial charge in [-0.1, -0.05) is 30.3 Å². The standard InChI is InChI=1S/C18H22O2/c1-19-17-13-11-16(12-14-17)8-4-3-7-15-20-18-9-5-2-6-10-18/h2,5-6,9-14H,3-4,7-8,15H2,1H3. The Morgan fingerprint density at radius 2 is 1.50 bits per heavy atom. The van der Waals surface area contributed by atoms with Gasteiger partial charge in [-0.3, -0.25) is 0 Å². The molecule has 2 rings (SSSR count). The molecular weight excluding hydrogens is 248 g/mol. The number of hydrogen-bond donors (Lipinski definition) is 0. The second-order valence-corrected chi connectivity index (χ2v) is 4.82. The molecule has 20 heavy (non-hydrogen) atoms. The molecule has 0 spiro atoms. The average Bonchev–Trinajstić information content (AvgIpc) is 2.52. The molecule has 0 heterocycles. The lowest BCUT2D eigenvalue weighted by molar-refractivity contribution is 0.305. The lowest BCUT2D eigenvalue weighted by Crippen LogP contribution is -1.97. The number of aryl methyl sites for hydroxylation is 1. The van der Waals surface area contributed by atoms with Crippen molar-refractivity contribution in [1.82, 2.24) is 0 Å². The third-order valence-electron chi connectivity index (χ3n) is 3.28. The summed E-state index contributed by atoms with van der Waals surface area (Å²) < 4.78 is 10.8. The number of ether oxygens (including phenoxy) is 2. The summed E-state index contributed by atoms with van der Waals surface area (Å²) in [5.41, 5.74) is 1.37. The second kappa shape index (κ2) is 8.26. The first-order chi connectivity index (χ1) is 9.88. The summed E-state index contributed by atoms with van der Waals surface area (Å²) in [6.45, 7) is 0.798. The number of rotatable bonds is 8. The Morgan fingerprint density at radius 1 is 0.750 bits per heavy atom. The molecule has 0 unspecified atom stereocenters. The lowest BCUT2D eigenvalue weighted by atomic mass is 10.1. The van der Waals surface area contributed by atoms with E-state index < -0.39 is 0 Å². The van der Waals surface area contributed by atoms with E-state index in [0.717, 1.165) is 30.9 Å². The molecule has 2 aromatic carbocycles. The summed E-state index contributed by atoms with van der Waals surface area (Å²) in [7, 11) is 1.70. The van der Waals surface area contributed by atoms with Crippen molar-refractivity contribution in [2.45, 2.75) is 25.7 Å². The molecule has 0 aromatic heterocycles. The number of unbranched alkanes of at least 4 members (excludes halogenated alkanes) is 2. The quantitative estimate of drug-likeness (QED) is 0.658. The van der Waals surface area contributed by atoms with E-state index in [1.165, 1.54) is 18.4 Å². The summed E-state index contributed by atoms with van der Waals surface area (Å²) in [6, 6.07) is 18.3. The van der Waals surface area contributed by atoms with Crippen LogP contribution in [0.5, 0.6) is 11.5 Å². The van der Waals surface area contributed by atoms with Crippen molar-refractivity contribution in [2.75, 3.05) is 13.7 Å². The van der Waals surface area contributed by atoms with Crippen molar-refractivity contribution in [1.29, 1.82) is 0 Å². The molecule has 0 aliphatic rings. The highest BCUT2D eigenvalue weighted by molar-refractivity contribution is 5.27. The molecule has 106 valence electrons. The number of methoxy groups -OCH3 is 1. The summed E-state index contributed by atoms with van der Waals surface area (Å²) in [5.74, 6) is 1.88. The molecule has 2 heteroatoms. The van der Waals surface area contributed by atoms with Crippen molar-refractivity contribution >= 4 is 0 Å². The van der Waals surface area contributed by atoms with E-state index in [9.17, 15) is 0 Å². The Morgan fingerprint density at radius 3 is 2.20 bits per heavy atom. The normalized spacial score (nSPS) is 10.2. The summed E-state index contributed by atoms with van der Waals surface area (Å²) in [5, 5.41) is 0. The molecule has 2 nitrogen and oxygen atoms in total. The highest BCUT2D eigenvalue weighted by atomic mass is 16.5. The van der Waals surface area contributed by atoms with E-state index in [1.54, 1.807) is 7.11 Å². The van der Waals surface area contributed by atoms with Crippen LogP contribution in [0.1, 0.15) is 24.8 Å². The lowest BCUT2D eigenvalue weighted by Gasteiger charge is -2.06. The molecule has 0 saturated heterocycles. The van der Waals surface area contributed by atoms with Gasteiger partial charge in [-0.25, -0.2) is 0 Å². The SMILES string of the molecule is COc1ccc(CCCCCOc2ccccc2)cc1. The van der Waals surface area contributed by atoms with Gasteiger partial charge in [0.2, 0.25) is 0 Å². The smallest absolute Gasteiger partial charge is 0.119 e. The Balaban J connectivity index is 1.57.